The van der Waals surface area contributed by atoms with E-state index < -0.39 is 0 Å². The lowest BCUT2D eigenvalue weighted by molar-refractivity contribution is 1.33. The van der Waals surface area contributed by atoms with Crippen molar-refractivity contribution in [3.8, 4) is 22.3 Å². The Balaban J connectivity index is 1.59. The van der Waals surface area contributed by atoms with Crippen molar-refractivity contribution in [3.05, 3.63) is 114 Å². The van der Waals surface area contributed by atoms with E-state index in [-0.39, 0.29) is 0 Å². The molecule has 0 amide bonds. The van der Waals surface area contributed by atoms with Gasteiger partial charge in [0, 0.05) is 12.4 Å². The van der Waals surface area contributed by atoms with E-state index in [1.807, 2.05) is 24.5 Å². The van der Waals surface area contributed by atoms with Crippen LogP contribution in [0.5, 0.6) is 0 Å². The molecule has 0 spiro atoms. The summed E-state index contributed by atoms with van der Waals surface area (Å²) in [5, 5.41) is 0. The molecule has 26 heavy (non-hydrogen) atoms. The van der Waals surface area contributed by atoms with Crippen molar-refractivity contribution in [1.82, 2.24) is 4.98 Å². The second kappa shape index (κ2) is 6.12. The predicted molar refractivity (Wildman–Crippen MR) is 109 cm³/mol. The van der Waals surface area contributed by atoms with Crippen molar-refractivity contribution in [2.24, 2.45) is 0 Å². The molecule has 122 valence electrons. The van der Waals surface area contributed by atoms with Crippen molar-refractivity contribution >= 4 is 11.6 Å². The van der Waals surface area contributed by atoms with Gasteiger partial charge in [0.25, 0.3) is 0 Å². The first-order valence-electron chi connectivity index (χ1n) is 8.81. The second-order valence-corrected chi connectivity index (χ2v) is 6.51. The molecule has 1 aromatic heterocycles. The molecule has 1 aliphatic rings. The average molecular weight is 331 g/mol. The smallest absolute Gasteiger partial charge is 0.0273 e. The van der Waals surface area contributed by atoms with Gasteiger partial charge in [0.05, 0.1) is 0 Å². The zero-order chi connectivity index (χ0) is 17.3. The molecule has 1 aliphatic carbocycles. The van der Waals surface area contributed by atoms with Crippen molar-refractivity contribution in [2.45, 2.75) is 0 Å². The molecule has 3 aromatic carbocycles. The molecule has 0 saturated heterocycles. The van der Waals surface area contributed by atoms with E-state index in [4.69, 9.17) is 0 Å². The van der Waals surface area contributed by atoms with E-state index in [1.54, 1.807) is 0 Å². The molecule has 1 heteroatoms. The molecular weight excluding hydrogens is 314 g/mol. The normalized spacial score (nSPS) is 11.8. The first-order valence-corrected chi connectivity index (χ1v) is 8.81. The molecule has 4 aromatic rings. The van der Waals surface area contributed by atoms with Crippen LogP contribution in [0.1, 0.15) is 16.7 Å². The van der Waals surface area contributed by atoms with Gasteiger partial charge >= 0.3 is 0 Å². The summed E-state index contributed by atoms with van der Waals surface area (Å²) in [6.07, 6.45) is 5.95. The largest absolute Gasteiger partial charge is 0.265 e. The molecular formula is C25H17N. The Hall–Kier alpha value is -3.45. The zero-order valence-corrected chi connectivity index (χ0v) is 14.3. The first-order chi connectivity index (χ1) is 12.9. The fourth-order valence-corrected chi connectivity index (χ4v) is 3.69. The number of rotatable bonds is 2. The Kier molecular flexibility index (Phi) is 3.50. The summed E-state index contributed by atoms with van der Waals surface area (Å²) in [5.41, 5.74) is 10.2. The van der Waals surface area contributed by atoms with Crippen LogP contribution in [-0.4, -0.2) is 4.98 Å². The maximum atomic E-state index is 4.09. The molecule has 0 saturated carbocycles. The summed E-state index contributed by atoms with van der Waals surface area (Å²) in [6, 6.07) is 30.1. The van der Waals surface area contributed by atoms with Gasteiger partial charge in [-0.2, -0.15) is 0 Å². The van der Waals surface area contributed by atoms with E-state index in [1.165, 1.54) is 44.5 Å². The highest BCUT2D eigenvalue weighted by Crippen LogP contribution is 2.44. The van der Waals surface area contributed by atoms with E-state index in [2.05, 4.69) is 83.9 Å². The molecule has 1 heterocycles. The molecule has 0 fully saturated rings. The van der Waals surface area contributed by atoms with Gasteiger partial charge in [0.15, 0.2) is 0 Å². The summed E-state index contributed by atoms with van der Waals surface area (Å²) in [6.45, 7) is 0. The lowest BCUT2D eigenvalue weighted by Crippen LogP contribution is -1.83. The Morgan fingerprint density at radius 3 is 1.58 bits per heavy atom. The van der Waals surface area contributed by atoms with Crippen LogP contribution < -0.4 is 0 Å². The average Bonchev–Trinajstić information content (AvgIpc) is 3.04. The minimum absolute atomic E-state index is 1.19. The first kappa shape index (κ1) is 14.9. The van der Waals surface area contributed by atoms with Crippen LogP contribution in [0.2, 0.25) is 0 Å². The molecule has 0 N–H and O–H groups in total. The molecule has 0 bridgehead atoms. The minimum Gasteiger partial charge on any atom is -0.265 e. The standard InChI is InChI=1S/C25H17N/c1-3-7-23-21(5-1)22-6-2-4-8-24(22)25(23)17-18-9-11-19(12-10-18)20-13-15-26-16-14-20/h1-17H. The van der Waals surface area contributed by atoms with Crippen LogP contribution in [-0.2, 0) is 0 Å². The van der Waals surface area contributed by atoms with Crippen molar-refractivity contribution in [2.75, 3.05) is 0 Å². The molecule has 1 nitrogen and oxygen atoms in total. The van der Waals surface area contributed by atoms with Crippen molar-refractivity contribution < 1.29 is 0 Å². The summed E-state index contributed by atoms with van der Waals surface area (Å²) in [4.78, 5) is 4.09. The van der Waals surface area contributed by atoms with Gasteiger partial charge in [-0.25, -0.2) is 0 Å². The highest BCUT2D eigenvalue weighted by atomic mass is 14.6. The quantitative estimate of drug-likeness (QED) is 0.369. The summed E-state index contributed by atoms with van der Waals surface area (Å²) < 4.78 is 0. The van der Waals surface area contributed by atoms with Crippen LogP contribution in [0, 0.1) is 0 Å². The zero-order valence-electron chi connectivity index (χ0n) is 14.3. The van der Waals surface area contributed by atoms with Gasteiger partial charge in [-0.05, 0) is 62.7 Å². The Bertz CT molecular complexity index is 1060. The van der Waals surface area contributed by atoms with Crippen LogP contribution in [0.25, 0.3) is 33.9 Å². The fraction of sp³-hybridized carbons (Fsp3) is 0. The van der Waals surface area contributed by atoms with Crippen molar-refractivity contribution in [1.29, 1.82) is 0 Å². The second-order valence-electron chi connectivity index (χ2n) is 6.51. The van der Waals surface area contributed by atoms with Crippen LogP contribution in [0.15, 0.2) is 97.3 Å². The third-order valence-electron chi connectivity index (χ3n) is 4.96. The number of fused-ring (bicyclic) bond motifs is 3. The number of nitrogens with zero attached hydrogens (tertiary/aromatic N) is 1. The summed E-state index contributed by atoms with van der Waals surface area (Å²) in [5.74, 6) is 0. The number of pyridine rings is 1. The Labute approximate surface area is 153 Å². The number of aromatic nitrogens is 1. The highest BCUT2D eigenvalue weighted by molar-refractivity contribution is 6.06. The van der Waals surface area contributed by atoms with Crippen molar-refractivity contribution in [3.63, 3.8) is 0 Å². The number of hydrogen-bond acceptors (Lipinski definition) is 1. The molecule has 0 aliphatic heterocycles. The minimum atomic E-state index is 1.19. The lowest BCUT2D eigenvalue weighted by atomic mass is 9.99. The van der Waals surface area contributed by atoms with Gasteiger partial charge in [0.2, 0.25) is 0 Å². The molecule has 0 radical (unpaired) electrons. The van der Waals surface area contributed by atoms with Gasteiger partial charge in [-0.3, -0.25) is 4.98 Å². The van der Waals surface area contributed by atoms with Gasteiger partial charge in [-0.15, -0.1) is 0 Å². The fourth-order valence-electron chi connectivity index (χ4n) is 3.69. The van der Waals surface area contributed by atoms with Crippen LogP contribution in [0.4, 0.5) is 0 Å². The molecule has 0 unspecified atom stereocenters. The van der Waals surface area contributed by atoms with Gasteiger partial charge in [0.1, 0.15) is 0 Å². The van der Waals surface area contributed by atoms with E-state index in [9.17, 15) is 0 Å². The van der Waals surface area contributed by atoms with Gasteiger partial charge < -0.3 is 0 Å². The maximum Gasteiger partial charge on any atom is 0.0273 e. The predicted octanol–water partition coefficient (Wildman–Crippen LogP) is 6.32. The monoisotopic (exact) mass is 331 g/mol. The topological polar surface area (TPSA) is 12.9 Å². The molecule has 5 rings (SSSR count). The lowest BCUT2D eigenvalue weighted by Gasteiger charge is -2.05. The summed E-state index contributed by atoms with van der Waals surface area (Å²) >= 11 is 0. The highest BCUT2D eigenvalue weighted by Gasteiger charge is 2.22. The third kappa shape index (κ3) is 2.46. The summed E-state index contributed by atoms with van der Waals surface area (Å²) in [7, 11) is 0. The number of benzene rings is 3. The number of hydrogen-bond donors (Lipinski definition) is 0. The molecule has 0 atom stereocenters. The SMILES string of the molecule is C(=C1c2ccccc2-c2ccccc21)c1ccc(-c2ccncc2)cc1. The van der Waals surface area contributed by atoms with Crippen LogP contribution in [0.3, 0.4) is 0 Å². The maximum absolute atomic E-state index is 4.09. The van der Waals surface area contributed by atoms with E-state index in [0.29, 0.717) is 0 Å². The Morgan fingerprint density at radius 2 is 1.00 bits per heavy atom. The van der Waals surface area contributed by atoms with Gasteiger partial charge in [-0.1, -0.05) is 72.8 Å². The van der Waals surface area contributed by atoms with Crippen LogP contribution >= 0.6 is 0 Å². The Morgan fingerprint density at radius 1 is 0.500 bits per heavy atom. The third-order valence-corrected chi connectivity index (χ3v) is 4.96. The van der Waals surface area contributed by atoms with E-state index >= 15 is 0 Å². The van der Waals surface area contributed by atoms with E-state index in [0.717, 1.165) is 0 Å².